The van der Waals surface area contributed by atoms with Crippen LogP contribution in [0.4, 0.5) is 10.3 Å². The van der Waals surface area contributed by atoms with Crippen molar-refractivity contribution in [3.63, 3.8) is 0 Å². The third-order valence-corrected chi connectivity index (χ3v) is 4.62. The predicted molar refractivity (Wildman–Crippen MR) is 104 cm³/mol. The van der Waals surface area contributed by atoms with Gasteiger partial charge in [0.25, 0.3) is 0 Å². The van der Waals surface area contributed by atoms with E-state index < -0.39 is 0 Å². The second-order valence-electron chi connectivity index (χ2n) is 6.56. The minimum absolute atomic E-state index is 0.106. The van der Waals surface area contributed by atoms with E-state index in [1.54, 1.807) is 24.8 Å². The highest BCUT2D eigenvalue weighted by molar-refractivity contribution is 5.71. The number of hydrogen-bond donors (Lipinski definition) is 2. The van der Waals surface area contributed by atoms with E-state index in [2.05, 4.69) is 25.3 Å². The Morgan fingerprint density at radius 2 is 2.21 bits per heavy atom. The van der Waals surface area contributed by atoms with Gasteiger partial charge in [-0.1, -0.05) is 12.1 Å². The Balaban J connectivity index is 1.53. The first-order valence-corrected chi connectivity index (χ1v) is 9.01. The Kier molecular flexibility index (Phi) is 4.88. The summed E-state index contributed by atoms with van der Waals surface area (Å²) in [5.74, 6) is 0.0873. The van der Waals surface area contributed by atoms with E-state index in [1.807, 2.05) is 23.8 Å². The van der Waals surface area contributed by atoms with Gasteiger partial charge in [0.2, 0.25) is 5.95 Å². The van der Waals surface area contributed by atoms with Crippen molar-refractivity contribution in [1.29, 1.82) is 0 Å². The maximum absolute atomic E-state index is 14.2. The molecule has 3 aromatic heterocycles. The number of aromatic amines is 1. The second-order valence-corrected chi connectivity index (χ2v) is 6.56. The van der Waals surface area contributed by atoms with Crippen molar-refractivity contribution in [2.24, 2.45) is 0 Å². The summed E-state index contributed by atoms with van der Waals surface area (Å²) in [6.45, 7) is 3.43. The molecule has 4 aromatic rings. The highest BCUT2D eigenvalue weighted by Gasteiger charge is 2.13. The maximum atomic E-state index is 14.2. The van der Waals surface area contributed by atoms with Crippen LogP contribution < -0.4 is 11.0 Å². The quantitative estimate of drug-likeness (QED) is 0.479. The van der Waals surface area contributed by atoms with E-state index in [-0.39, 0.29) is 18.1 Å². The number of aryl methyl sites for hydroxylation is 2. The molecule has 4 rings (SSSR count). The van der Waals surface area contributed by atoms with Crippen molar-refractivity contribution in [1.82, 2.24) is 29.1 Å². The van der Waals surface area contributed by atoms with Gasteiger partial charge in [0.05, 0.1) is 19.1 Å². The van der Waals surface area contributed by atoms with Gasteiger partial charge in [-0.25, -0.2) is 19.2 Å². The summed E-state index contributed by atoms with van der Waals surface area (Å²) in [7, 11) is 0. The zero-order chi connectivity index (χ0) is 19.5. The fraction of sp³-hybridized carbons (Fsp3) is 0.263. The number of H-pyrrole nitrogens is 1. The number of hydrogen-bond acceptors (Lipinski definition) is 5. The van der Waals surface area contributed by atoms with Crippen LogP contribution in [-0.2, 0) is 13.1 Å². The summed E-state index contributed by atoms with van der Waals surface area (Å²) in [5.41, 5.74) is 1.87. The monoisotopic (exact) mass is 381 g/mol. The van der Waals surface area contributed by atoms with Crippen molar-refractivity contribution >= 4 is 17.1 Å². The van der Waals surface area contributed by atoms with Crippen LogP contribution in [0.1, 0.15) is 17.5 Å². The lowest BCUT2D eigenvalue weighted by atomic mass is 10.1. The molecule has 0 unspecified atom stereocenters. The summed E-state index contributed by atoms with van der Waals surface area (Å²) in [6, 6.07) is 4.87. The molecule has 0 saturated carbocycles. The lowest BCUT2D eigenvalue weighted by Gasteiger charge is -2.09. The summed E-state index contributed by atoms with van der Waals surface area (Å²) in [4.78, 5) is 27.8. The Hall–Kier alpha value is -3.49. The molecule has 9 heteroatoms. The fourth-order valence-corrected chi connectivity index (χ4v) is 3.08. The van der Waals surface area contributed by atoms with Crippen LogP contribution in [0.2, 0.25) is 0 Å². The smallest absolute Gasteiger partial charge is 0.328 e. The van der Waals surface area contributed by atoms with Crippen molar-refractivity contribution < 1.29 is 4.39 Å². The molecule has 3 heterocycles. The topological polar surface area (TPSA) is 93.4 Å². The largest absolute Gasteiger partial charge is 0.354 e. The zero-order valence-electron chi connectivity index (χ0n) is 15.4. The number of benzene rings is 1. The first-order valence-electron chi connectivity index (χ1n) is 9.01. The van der Waals surface area contributed by atoms with Gasteiger partial charge in [-0.05, 0) is 25.0 Å². The number of rotatable bonds is 7. The normalized spacial score (nSPS) is 11.2. The number of nitrogens with one attached hydrogen (secondary N) is 2. The van der Waals surface area contributed by atoms with Crippen LogP contribution >= 0.6 is 0 Å². The van der Waals surface area contributed by atoms with E-state index in [0.29, 0.717) is 29.2 Å². The van der Waals surface area contributed by atoms with E-state index in [1.165, 1.54) is 10.6 Å². The molecule has 0 atom stereocenters. The van der Waals surface area contributed by atoms with Crippen LogP contribution in [0.15, 0.2) is 47.9 Å². The summed E-state index contributed by atoms with van der Waals surface area (Å²) in [5, 5.41) is 3.16. The van der Waals surface area contributed by atoms with Gasteiger partial charge >= 0.3 is 5.69 Å². The average Bonchev–Trinajstić information content (AvgIpc) is 3.29. The molecule has 0 amide bonds. The molecular formula is C19H20FN7O. The van der Waals surface area contributed by atoms with Gasteiger partial charge in [0.1, 0.15) is 11.3 Å². The third-order valence-electron chi connectivity index (χ3n) is 4.62. The first kappa shape index (κ1) is 17.9. The van der Waals surface area contributed by atoms with Crippen LogP contribution in [-0.4, -0.2) is 35.6 Å². The second kappa shape index (κ2) is 7.63. The van der Waals surface area contributed by atoms with E-state index in [9.17, 15) is 9.18 Å². The molecule has 28 heavy (non-hydrogen) atoms. The number of fused-ring (bicyclic) bond motifs is 1. The molecule has 0 saturated heterocycles. The molecule has 0 aliphatic rings. The molecule has 0 radical (unpaired) electrons. The van der Waals surface area contributed by atoms with E-state index >= 15 is 0 Å². The number of halogens is 1. The molecule has 0 spiro atoms. The molecule has 1 aromatic carbocycles. The summed E-state index contributed by atoms with van der Waals surface area (Å²) in [6.07, 6.45) is 7.85. The summed E-state index contributed by atoms with van der Waals surface area (Å²) >= 11 is 0. The summed E-state index contributed by atoms with van der Waals surface area (Å²) < 4.78 is 17.6. The third kappa shape index (κ3) is 3.64. The molecule has 0 aliphatic heterocycles. The van der Waals surface area contributed by atoms with Crippen LogP contribution in [0.3, 0.4) is 0 Å². The minimum Gasteiger partial charge on any atom is -0.354 e. The number of imidazole rings is 2. The van der Waals surface area contributed by atoms with Gasteiger partial charge in [-0.3, -0.25) is 4.57 Å². The Morgan fingerprint density at radius 3 is 3.00 bits per heavy atom. The lowest BCUT2D eigenvalue weighted by Crippen LogP contribution is -2.19. The van der Waals surface area contributed by atoms with Gasteiger partial charge in [0.15, 0.2) is 5.65 Å². The van der Waals surface area contributed by atoms with Crippen LogP contribution in [0, 0.1) is 12.7 Å². The predicted octanol–water partition coefficient (Wildman–Crippen LogP) is 2.31. The molecular weight excluding hydrogens is 361 g/mol. The average molecular weight is 381 g/mol. The number of nitrogens with zero attached hydrogens (tertiary/aromatic N) is 5. The van der Waals surface area contributed by atoms with Crippen molar-refractivity contribution in [3.05, 3.63) is 70.5 Å². The Bertz CT molecular complexity index is 1130. The van der Waals surface area contributed by atoms with Gasteiger partial charge in [-0.2, -0.15) is 4.98 Å². The molecule has 0 bridgehead atoms. The molecule has 0 aliphatic carbocycles. The Labute approximate surface area is 160 Å². The zero-order valence-corrected chi connectivity index (χ0v) is 15.4. The van der Waals surface area contributed by atoms with Crippen molar-refractivity contribution in [3.8, 4) is 0 Å². The molecule has 144 valence electrons. The van der Waals surface area contributed by atoms with Crippen molar-refractivity contribution in [2.75, 3.05) is 11.9 Å². The first-order chi connectivity index (χ1) is 13.6. The number of aromatic nitrogens is 6. The molecule has 2 N–H and O–H groups in total. The SMILES string of the molecule is Cc1cccc(F)c1Cn1c(=O)[nH]c2cnc(NCCCn3ccnc3)nc21. The van der Waals surface area contributed by atoms with Gasteiger partial charge in [0, 0.05) is 31.0 Å². The molecule has 8 nitrogen and oxygen atoms in total. The van der Waals surface area contributed by atoms with Gasteiger partial charge < -0.3 is 14.9 Å². The minimum atomic E-state index is -0.343. The highest BCUT2D eigenvalue weighted by atomic mass is 19.1. The van der Waals surface area contributed by atoms with E-state index in [0.717, 1.165) is 18.5 Å². The maximum Gasteiger partial charge on any atom is 0.328 e. The van der Waals surface area contributed by atoms with Crippen LogP contribution in [0.5, 0.6) is 0 Å². The molecule has 0 fully saturated rings. The number of anilines is 1. The van der Waals surface area contributed by atoms with E-state index in [4.69, 9.17) is 0 Å². The lowest BCUT2D eigenvalue weighted by molar-refractivity contribution is 0.596. The highest BCUT2D eigenvalue weighted by Crippen LogP contribution is 2.16. The fourth-order valence-electron chi connectivity index (χ4n) is 3.08. The Morgan fingerprint density at radius 1 is 1.32 bits per heavy atom. The van der Waals surface area contributed by atoms with Crippen LogP contribution in [0.25, 0.3) is 11.2 Å². The van der Waals surface area contributed by atoms with Gasteiger partial charge in [-0.15, -0.1) is 0 Å². The standard InChI is InChI=1S/C19H20FN7O/c1-13-4-2-5-15(20)14(13)11-27-17-16(24-19(27)28)10-23-18(25-17)22-6-3-8-26-9-7-21-12-26/h2,4-5,7,9-10,12H,3,6,8,11H2,1H3,(H,24,28)(H,22,23,25). The van der Waals surface area contributed by atoms with Crippen molar-refractivity contribution in [2.45, 2.75) is 26.4 Å².